The standard InChI is InChI=1S/C16H16ClNO3S/c17-16(19)12-14-8-6-13(7-9-14)10-11-18-22(20,21)15-4-2-1-3-5-15/h1-9,18H,10-12H2. The highest BCUT2D eigenvalue weighted by molar-refractivity contribution is 7.89. The minimum atomic E-state index is -3.47. The lowest BCUT2D eigenvalue weighted by Crippen LogP contribution is -2.25. The number of rotatable bonds is 7. The number of halogens is 1. The van der Waals surface area contributed by atoms with Crippen LogP contribution < -0.4 is 4.72 Å². The first-order valence-corrected chi connectivity index (χ1v) is 8.64. The molecule has 22 heavy (non-hydrogen) atoms. The van der Waals surface area contributed by atoms with Crippen molar-refractivity contribution in [2.45, 2.75) is 17.7 Å². The molecule has 0 saturated heterocycles. The lowest BCUT2D eigenvalue weighted by Gasteiger charge is -2.07. The highest BCUT2D eigenvalue weighted by Gasteiger charge is 2.12. The zero-order chi connectivity index (χ0) is 16.0. The Morgan fingerprint density at radius 2 is 1.55 bits per heavy atom. The van der Waals surface area contributed by atoms with Crippen molar-refractivity contribution in [1.29, 1.82) is 0 Å². The van der Waals surface area contributed by atoms with Crippen LogP contribution in [0.5, 0.6) is 0 Å². The fourth-order valence-electron chi connectivity index (χ4n) is 2.00. The topological polar surface area (TPSA) is 63.2 Å². The molecule has 0 aliphatic rings. The van der Waals surface area contributed by atoms with Crippen LogP contribution in [0, 0.1) is 0 Å². The molecule has 0 amide bonds. The molecule has 0 radical (unpaired) electrons. The minimum Gasteiger partial charge on any atom is -0.281 e. The van der Waals surface area contributed by atoms with Gasteiger partial charge in [0.2, 0.25) is 15.3 Å². The van der Waals surface area contributed by atoms with E-state index in [4.69, 9.17) is 11.6 Å². The largest absolute Gasteiger partial charge is 0.281 e. The molecular formula is C16H16ClNO3S. The number of sulfonamides is 1. The number of benzene rings is 2. The molecule has 0 heterocycles. The van der Waals surface area contributed by atoms with Gasteiger partial charge in [-0.3, -0.25) is 4.79 Å². The monoisotopic (exact) mass is 337 g/mol. The maximum absolute atomic E-state index is 12.0. The SMILES string of the molecule is O=C(Cl)Cc1ccc(CCNS(=O)(=O)c2ccccc2)cc1. The van der Waals surface area contributed by atoms with Gasteiger partial charge in [-0.15, -0.1) is 0 Å². The van der Waals surface area contributed by atoms with Crippen molar-refractivity contribution in [2.75, 3.05) is 6.54 Å². The fourth-order valence-corrected chi connectivity index (χ4v) is 3.20. The van der Waals surface area contributed by atoms with Crippen LogP contribution in [-0.4, -0.2) is 20.2 Å². The van der Waals surface area contributed by atoms with Gasteiger partial charge >= 0.3 is 0 Å². The second-order valence-electron chi connectivity index (χ2n) is 4.81. The summed E-state index contributed by atoms with van der Waals surface area (Å²) in [6.07, 6.45) is 0.767. The summed E-state index contributed by atoms with van der Waals surface area (Å²) >= 11 is 5.33. The van der Waals surface area contributed by atoms with Crippen LogP contribution in [0.2, 0.25) is 0 Å². The van der Waals surface area contributed by atoms with Gasteiger partial charge in [0.15, 0.2) is 0 Å². The first-order chi connectivity index (χ1) is 10.5. The summed E-state index contributed by atoms with van der Waals surface area (Å²) in [6.45, 7) is 0.311. The molecule has 0 bridgehead atoms. The molecule has 0 aliphatic carbocycles. The van der Waals surface area contributed by atoms with E-state index < -0.39 is 15.3 Å². The molecule has 0 atom stereocenters. The van der Waals surface area contributed by atoms with Gasteiger partial charge in [0.05, 0.1) is 4.90 Å². The molecular weight excluding hydrogens is 322 g/mol. The van der Waals surface area contributed by atoms with E-state index in [1.807, 2.05) is 24.3 Å². The van der Waals surface area contributed by atoms with E-state index in [2.05, 4.69) is 4.72 Å². The van der Waals surface area contributed by atoms with Crippen LogP contribution in [0.4, 0.5) is 0 Å². The fraction of sp³-hybridized carbons (Fsp3) is 0.188. The second kappa shape index (κ2) is 7.54. The van der Waals surface area contributed by atoms with Crippen LogP contribution in [-0.2, 0) is 27.7 Å². The second-order valence-corrected chi connectivity index (χ2v) is 7.00. The van der Waals surface area contributed by atoms with Crippen LogP contribution in [0.1, 0.15) is 11.1 Å². The van der Waals surface area contributed by atoms with Crippen LogP contribution in [0.15, 0.2) is 59.5 Å². The Labute approximate surface area is 135 Å². The normalized spacial score (nSPS) is 11.3. The van der Waals surface area contributed by atoms with E-state index in [9.17, 15) is 13.2 Å². The maximum Gasteiger partial charge on any atom is 0.240 e. The van der Waals surface area contributed by atoms with Gasteiger partial charge < -0.3 is 0 Å². The molecule has 0 saturated carbocycles. The molecule has 0 fully saturated rings. The van der Waals surface area contributed by atoms with Gasteiger partial charge in [0.1, 0.15) is 0 Å². The third kappa shape index (κ3) is 4.94. The molecule has 0 unspecified atom stereocenters. The van der Waals surface area contributed by atoms with E-state index in [1.165, 1.54) is 0 Å². The average molecular weight is 338 g/mol. The summed E-state index contributed by atoms with van der Waals surface area (Å²) in [4.78, 5) is 11.1. The molecule has 4 nitrogen and oxygen atoms in total. The van der Waals surface area contributed by atoms with Gasteiger partial charge in [-0.25, -0.2) is 13.1 Å². The third-order valence-electron chi connectivity index (χ3n) is 3.13. The van der Waals surface area contributed by atoms with Gasteiger partial charge in [0, 0.05) is 13.0 Å². The lowest BCUT2D eigenvalue weighted by molar-refractivity contribution is -0.111. The van der Waals surface area contributed by atoms with Crippen molar-refractivity contribution in [3.8, 4) is 0 Å². The van der Waals surface area contributed by atoms with Gasteiger partial charge in [-0.2, -0.15) is 0 Å². The van der Waals surface area contributed by atoms with E-state index in [0.29, 0.717) is 13.0 Å². The van der Waals surface area contributed by atoms with Gasteiger partial charge in [-0.1, -0.05) is 42.5 Å². The smallest absolute Gasteiger partial charge is 0.240 e. The van der Waals surface area contributed by atoms with Gasteiger partial charge in [-0.05, 0) is 41.3 Å². The Balaban J connectivity index is 1.90. The van der Waals surface area contributed by atoms with E-state index in [0.717, 1.165) is 11.1 Å². The van der Waals surface area contributed by atoms with Crippen molar-refractivity contribution in [1.82, 2.24) is 4.72 Å². The summed E-state index contributed by atoms with van der Waals surface area (Å²) < 4.78 is 26.6. The summed E-state index contributed by atoms with van der Waals surface area (Å²) in [6, 6.07) is 15.6. The van der Waals surface area contributed by atoms with Gasteiger partial charge in [0.25, 0.3) is 0 Å². The first-order valence-electron chi connectivity index (χ1n) is 6.78. The minimum absolute atomic E-state index is 0.197. The van der Waals surface area contributed by atoms with Crippen molar-refractivity contribution in [2.24, 2.45) is 0 Å². The summed E-state index contributed by atoms with van der Waals surface area (Å²) in [5.74, 6) is 0. The average Bonchev–Trinajstić information content (AvgIpc) is 2.49. The predicted molar refractivity (Wildman–Crippen MR) is 86.3 cm³/mol. The Morgan fingerprint density at radius 3 is 2.14 bits per heavy atom. The summed E-state index contributed by atoms with van der Waals surface area (Å²) in [7, 11) is -3.47. The van der Waals surface area contributed by atoms with E-state index >= 15 is 0 Å². The van der Waals surface area contributed by atoms with E-state index in [1.54, 1.807) is 30.3 Å². The number of hydrogen-bond donors (Lipinski definition) is 1. The first kappa shape index (κ1) is 16.7. The summed E-state index contributed by atoms with van der Waals surface area (Å²) in [5, 5.41) is -0.400. The zero-order valence-electron chi connectivity index (χ0n) is 11.8. The molecule has 0 aromatic heterocycles. The summed E-state index contributed by atoms with van der Waals surface area (Å²) in [5.41, 5.74) is 1.83. The number of carbonyl (C=O) groups is 1. The highest BCUT2D eigenvalue weighted by Crippen LogP contribution is 2.09. The highest BCUT2D eigenvalue weighted by atomic mass is 35.5. The van der Waals surface area contributed by atoms with Crippen LogP contribution in [0.3, 0.4) is 0 Å². The van der Waals surface area contributed by atoms with Crippen molar-refractivity contribution in [3.05, 3.63) is 65.7 Å². The molecule has 6 heteroatoms. The van der Waals surface area contributed by atoms with Crippen molar-refractivity contribution in [3.63, 3.8) is 0 Å². The Kier molecular flexibility index (Phi) is 5.71. The maximum atomic E-state index is 12.0. The Hall–Kier alpha value is -1.69. The van der Waals surface area contributed by atoms with E-state index in [-0.39, 0.29) is 11.3 Å². The number of nitrogens with one attached hydrogen (secondary N) is 1. The predicted octanol–water partition coefficient (Wildman–Crippen LogP) is 2.52. The Morgan fingerprint density at radius 1 is 0.955 bits per heavy atom. The molecule has 2 aromatic carbocycles. The molecule has 1 N–H and O–H groups in total. The third-order valence-corrected chi connectivity index (χ3v) is 4.74. The molecule has 2 aromatic rings. The number of carbonyl (C=O) groups excluding carboxylic acids is 1. The number of hydrogen-bond acceptors (Lipinski definition) is 3. The zero-order valence-corrected chi connectivity index (χ0v) is 13.4. The molecule has 116 valence electrons. The molecule has 0 aliphatic heterocycles. The molecule has 0 spiro atoms. The lowest BCUT2D eigenvalue weighted by atomic mass is 10.1. The van der Waals surface area contributed by atoms with Crippen LogP contribution >= 0.6 is 11.6 Å². The van der Waals surface area contributed by atoms with Crippen molar-refractivity contribution >= 4 is 26.9 Å². The Bertz CT molecular complexity index is 728. The van der Waals surface area contributed by atoms with Crippen LogP contribution in [0.25, 0.3) is 0 Å². The molecule has 2 rings (SSSR count). The quantitative estimate of drug-likeness (QED) is 0.790. The van der Waals surface area contributed by atoms with Crippen molar-refractivity contribution < 1.29 is 13.2 Å².